The zero-order valence-corrected chi connectivity index (χ0v) is 22.3. The molecule has 188 valence electrons. The zero-order valence-electron chi connectivity index (χ0n) is 20.7. The number of aromatic nitrogens is 2. The largest absolute Gasteiger partial charge is 0.497 e. The molecular formula is C25H33N5O3S2. The summed E-state index contributed by atoms with van der Waals surface area (Å²) in [4.78, 5) is 17.5. The van der Waals surface area contributed by atoms with Crippen molar-refractivity contribution >= 4 is 37.4 Å². The Morgan fingerprint density at radius 3 is 2.43 bits per heavy atom. The van der Waals surface area contributed by atoms with Crippen molar-refractivity contribution < 1.29 is 13.2 Å². The summed E-state index contributed by atoms with van der Waals surface area (Å²) in [5.74, 6) is 2.52. The van der Waals surface area contributed by atoms with Crippen LogP contribution in [0, 0.1) is 0 Å². The molecule has 10 heteroatoms. The first kappa shape index (κ1) is 24.4. The first-order valence-corrected chi connectivity index (χ1v) is 14.6. The van der Waals surface area contributed by atoms with E-state index in [-0.39, 0.29) is 0 Å². The average molecular weight is 516 g/mol. The number of sulfonamides is 1. The van der Waals surface area contributed by atoms with E-state index in [0.717, 1.165) is 55.4 Å². The van der Waals surface area contributed by atoms with Gasteiger partial charge in [0.25, 0.3) is 0 Å². The average Bonchev–Trinajstić information content (AvgIpc) is 3.26. The third-order valence-electron chi connectivity index (χ3n) is 6.96. The highest BCUT2D eigenvalue weighted by Gasteiger charge is 2.31. The Balaban J connectivity index is 1.42. The third kappa shape index (κ3) is 4.64. The van der Waals surface area contributed by atoms with E-state index in [1.807, 2.05) is 0 Å². The van der Waals surface area contributed by atoms with Gasteiger partial charge in [-0.25, -0.2) is 18.4 Å². The number of likely N-dealkylation sites (N-methyl/N-ethyl adjacent to an activating group) is 1. The van der Waals surface area contributed by atoms with Crippen molar-refractivity contribution in [3.8, 4) is 5.75 Å². The number of thiophene rings is 1. The number of ether oxygens (including phenoxy) is 1. The van der Waals surface area contributed by atoms with Crippen molar-refractivity contribution in [1.29, 1.82) is 0 Å². The van der Waals surface area contributed by atoms with E-state index in [0.29, 0.717) is 36.8 Å². The van der Waals surface area contributed by atoms with Gasteiger partial charge in [-0.2, -0.15) is 4.31 Å². The number of methoxy groups -OCH3 is 1. The van der Waals surface area contributed by atoms with Crippen LogP contribution in [0.5, 0.6) is 5.75 Å². The minimum atomic E-state index is -3.55. The van der Waals surface area contributed by atoms with Crippen molar-refractivity contribution in [2.45, 2.75) is 44.6 Å². The first-order valence-electron chi connectivity index (χ1n) is 12.4. The van der Waals surface area contributed by atoms with Gasteiger partial charge < -0.3 is 9.64 Å². The van der Waals surface area contributed by atoms with E-state index >= 15 is 0 Å². The molecule has 1 fully saturated rings. The van der Waals surface area contributed by atoms with Gasteiger partial charge in [-0.15, -0.1) is 11.3 Å². The van der Waals surface area contributed by atoms with Crippen LogP contribution in [0.15, 0.2) is 29.2 Å². The van der Waals surface area contributed by atoms with E-state index in [1.165, 1.54) is 15.8 Å². The van der Waals surface area contributed by atoms with Crippen LogP contribution in [-0.2, 0) is 29.4 Å². The van der Waals surface area contributed by atoms with Crippen LogP contribution in [0.4, 0.5) is 5.82 Å². The van der Waals surface area contributed by atoms with Crippen LogP contribution in [0.2, 0.25) is 0 Å². The Bertz CT molecular complexity index is 1300. The maximum atomic E-state index is 13.2. The molecule has 0 unspecified atom stereocenters. The predicted molar refractivity (Wildman–Crippen MR) is 140 cm³/mol. The number of aryl methyl sites for hydroxylation is 1. The fraction of sp³-hybridized carbons (Fsp3) is 0.520. The third-order valence-corrected chi connectivity index (χ3v) is 9.99. The Kier molecular flexibility index (Phi) is 6.98. The molecule has 3 aromatic rings. The fourth-order valence-corrected chi connectivity index (χ4v) is 7.64. The van der Waals surface area contributed by atoms with E-state index in [4.69, 9.17) is 14.7 Å². The maximum absolute atomic E-state index is 13.2. The summed E-state index contributed by atoms with van der Waals surface area (Å²) in [6.45, 7) is 9.52. The Hall–Kier alpha value is -2.27. The summed E-state index contributed by atoms with van der Waals surface area (Å²) < 4.78 is 33.2. The zero-order chi connectivity index (χ0) is 24.6. The lowest BCUT2D eigenvalue weighted by Crippen LogP contribution is -2.49. The lowest BCUT2D eigenvalue weighted by atomic mass is 10.0. The highest BCUT2D eigenvalue weighted by atomic mass is 32.2. The van der Waals surface area contributed by atoms with Gasteiger partial charge in [0.1, 0.15) is 22.2 Å². The number of fused-ring (bicyclic) bond motifs is 3. The van der Waals surface area contributed by atoms with Crippen LogP contribution in [0.1, 0.15) is 36.5 Å². The summed E-state index contributed by atoms with van der Waals surface area (Å²) in [6, 6.07) is 6.61. The standard InChI is InChI=1S/C25H33N5O3S2/c1-4-6-22-26-24(23-20-11-12-28(5-2)17-21(20)34-25(23)27-22)29-13-15-30(16-14-29)35(31,32)19-9-7-18(33-3)8-10-19/h7-10H,4-6,11-17H2,1-3H3. The Labute approximate surface area is 211 Å². The van der Waals surface area contributed by atoms with E-state index in [1.54, 1.807) is 47.0 Å². The van der Waals surface area contributed by atoms with E-state index in [9.17, 15) is 8.42 Å². The van der Waals surface area contributed by atoms with Crippen LogP contribution >= 0.6 is 11.3 Å². The summed E-state index contributed by atoms with van der Waals surface area (Å²) in [7, 11) is -1.98. The quantitative estimate of drug-likeness (QED) is 0.476. The minimum absolute atomic E-state index is 0.300. The number of nitrogens with zero attached hydrogens (tertiary/aromatic N) is 5. The molecule has 1 aromatic carbocycles. The first-order chi connectivity index (χ1) is 16.9. The van der Waals surface area contributed by atoms with Crippen LogP contribution in [0.3, 0.4) is 0 Å². The van der Waals surface area contributed by atoms with Gasteiger partial charge >= 0.3 is 0 Å². The molecule has 4 heterocycles. The lowest BCUT2D eigenvalue weighted by molar-refractivity contribution is 0.272. The second kappa shape index (κ2) is 10.0. The molecule has 1 saturated heterocycles. The molecular weight excluding hydrogens is 482 g/mol. The topological polar surface area (TPSA) is 78.9 Å². The SMILES string of the molecule is CCCc1nc(N2CCN(S(=O)(=O)c3ccc(OC)cc3)CC2)c2c3c(sc2n1)CN(CC)CC3. The van der Waals surface area contributed by atoms with E-state index in [2.05, 4.69) is 23.6 Å². The molecule has 2 aliphatic rings. The normalized spacial score (nSPS) is 17.6. The van der Waals surface area contributed by atoms with Crippen LogP contribution in [-0.4, -0.2) is 74.0 Å². The van der Waals surface area contributed by atoms with E-state index < -0.39 is 10.0 Å². The summed E-state index contributed by atoms with van der Waals surface area (Å²) in [5, 5.41) is 1.19. The monoisotopic (exact) mass is 515 g/mol. The number of piperazine rings is 1. The number of anilines is 1. The second-order valence-electron chi connectivity index (χ2n) is 9.08. The maximum Gasteiger partial charge on any atom is 0.243 e. The Morgan fingerprint density at radius 2 is 1.77 bits per heavy atom. The highest BCUT2D eigenvalue weighted by molar-refractivity contribution is 7.89. The lowest BCUT2D eigenvalue weighted by Gasteiger charge is -2.35. The second-order valence-corrected chi connectivity index (χ2v) is 12.1. The summed E-state index contributed by atoms with van der Waals surface area (Å²) in [6.07, 6.45) is 2.85. The minimum Gasteiger partial charge on any atom is -0.497 e. The van der Waals surface area contributed by atoms with Gasteiger partial charge in [0.05, 0.1) is 17.4 Å². The number of hydrogen-bond acceptors (Lipinski definition) is 8. The smallest absolute Gasteiger partial charge is 0.243 e. The van der Waals surface area contributed by atoms with Crippen molar-refractivity contribution in [2.75, 3.05) is 51.3 Å². The van der Waals surface area contributed by atoms with Crippen molar-refractivity contribution in [3.63, 3.8) is 0 Å². The molecule has 0 saturated carbocycles. The molecule has 0 radical (unpaired) electrons. The molecule has 2 aromatic heterocycles. The van der Waals surface area contributed by atoms with Gasteiger partial charge in [-0.3, -0.25) is 4.90 Å². The molecule has 35 heavy (non-hydrogen) atoms. The predicted octanol–water partition coefficient (Wildman–Crippen LogP) is 3.54. The molecule has 0 atom stereocenters. The van der Waals surface area contributed by atoms with Gasteiger partial charge in [-0.1, -0.05) is 13.8 Å². The van der Waals surface area contributed by atoms with Gasteiger partial charge in [0, 0.05) is 50.6 Å². The Morgan fingerprint density at radius 1 is 1.03 bits per heavy atom. The molecule has 0 spiro atoms. The fourth-order valence-electron chi connectivity index (χ4n) is 4.94. The van der Waals surface area contributed by atoms with Gasteiger partial charge in [0.15, 0.2) is 0 Å². The van der Waals surface area contributed by atoms with Crippen molar-refractivity contribution in [1.82, 2.24) is 19.2 Å². The molecule has 0 aliphatic carbocycles. The summed E-state index contributed by atoms with van der Waals surface area (Å²) in [5.41, 5.74) is 1.39. The summed E-state index contributed by atoms with van der Waals surface area (Å²) >= 11 is 1.81. The van der Waals surface area contributed by atoms with Crippen molar-refractivity contribution in [3.05, 3.63) is 40.5 Å². The van der Waals surface area contributed by atoms with Gasteiger partial charge in [0.2, 0.25) is 10.0 Å². The molecule has 5 rings (SSSR count). The highest BCUT2D eigenvalue weighted by Crippen LogP contribution is 2.39. The van der Waals surface area contributed by atoms with Crippen molar-refractivity contribution in [2.24, 2.45) is 0 Å². The number of rotatable bonds is 7. The molecule has 0 N–H and O–H groups in total. The molecule has 2 aliphatic heterocycles. The van der Waals surface area contributed by atoms with Crippen LogP contribution in [0.25, 0.3) is 10.2 Å². The molecule has 8 nitrogen and oxygen atoms in total. The number of hydrogen-bond donors (Lipinski definition) is 0. The molecule has 0 bridgehead atoms. The van der Waals surface area contributed by atoms with Gasteiger partial charge in [-0.05, 0) is 49.2 Å². The van der Waals surface area contributed by atoms with Crippen LogP contribution < -0.4 is 9.64 Å². The number of benzene rings is 1. The molecule has 0 amide bonds.